The lowest BCUT2D eigenvalue weighted by Crippen LogP contribution is -2.10. The highest BCUT2D eigenvalue weighted by Crippen LogP contribution is 2.32. The molecule has 1 aromatic rings. The molecule has 1 heterocycles. The van der Waals surface area contributed by atoms with E-state index < -0.39 is 0 Å². The van der Waals surface area contributed by atoms with Crippen molar-refractivity contribution in [3.63, 3.8) is 0 Å². The minimum Gasteiger partial charge on any atom is -0.490 e. The second kappa shape index (κ2) is 4.77. The molecule has 0 saturated carbocycles. The molecule has 1 atom stereocenters. The van der Waals surface area contributed by atoms with E-state index in [1.165, 1.54) is 0 Å². The van der Waals surface area contributed by atoms with E-state index in [0.29, 0.717) is 6.61 Å². The summed E-state index contributed by atoms with van der Waals surface area (Å²) in [5.74, 6) is 1.65. The van der Waals surface area contributed by atoms with Crippen molar-refractivity contribution in [3.05, 3.63) is 23.8 Å². The van der Waals surface area contributed by atoms with Crippen LogP contribution in [0.1, 0.15) is 17.4 Å². The molecule has 0 saturated heterocycles. The quantitative estimate of drug-likeness (QED) is 0.596. The number of nitrogens with one attached hydrogen (secondary N) is 1. The predicted molar refractivity (Wildman–Crippen MR) is 62.8 cm³/mol. The average molecular weight is 225 g/mol. The highest BCUT2D eigenvalue weighted by molar-refractivity contribution is 7.80. The Balaban J connectivity index is 2.27. The number of fused-ring (bicyclic) bond motifs is 1. The van der Waals surface area contributed by atoms with Gasteiger partial charge in [0.2, 0.25) is 0 Å². The fourth-order valence-electron chi connectivity index (χ4n) is 1.52. The van der Waals surface area contributed by atoms with Crippen molar-refractivity contribution >= 4 is 12.6 Å². The summed E-state index contributed by atoms with van der Waals surface area (Å²) < 4.78 is 11.1. The fraction of sp³-hybridized carbons (Fsp3) is 0.455. The number of hydrogen-bond donors (Lipinski definition) is 2. The summed E-state index contributed by atoms with van der Waals surface area (Å²) in [6.07, 6.45) is 0.931. The van der Waals surface area contributed by atoms with E-state index in [-0.39, 0.29) is 5.37 Å². The molecule has 0 aromatic heterocycles. The monoisotopic (exact) mass is 225 g/mol. The van der Waals surface area contributed by atoms with Crippen molar-refractivity contribution in [2.45, 2.75) is 11.8 Å². The van der Waals surface area contributed by atoms with Crippen LogP contribution in [0.25, 0.3) is 0 Å². The Kier molecular flexibility index (Phi) is 3.38. The molecule has 0 radical (unpaired) electrons. The maximum absolute atomic E-state index is 5.60. The van der Waals surface area contributed by atoms with Crippen LogP contribution in [0.15, 0.2) is 18.2 Å². The van der Waals surface area contributed by atoms with Gasteiger partial charge < -0.3 is 14.8 Å². The molecule has 2 rings (SSSR count). The molecule has 0 bridgehead atoms. The normalized spacial score (nSPS) is 16.9. The van der Waals surface area contributed by atoms with Crippen LogP contribution in [0.2, 0.25) is 0 Å². The average Bonchev–Trinajstić information content (AvgIpc) is 2.51. The van der Waals surface area contributed by atoms with E-state index in [2.05, 4.69) is 17.9 Å². The smallest absolute Gasteiger partial charge is 0.161 e. The van der Waals surface area contributed by atoms with E-state index in [4.69, 9.17) is 9.47 Å². The van der Waals surface area contributed by atoms with Gasteiger partial charge in [-0.15, -0.1) is 0 Å². The lowest BCUT2D eigenvalue weighted by atomic mass is 10.2. The van der Waals surface area contributed by atoms with E-state index in [9.17, 15) is 0 Å². The minimum absolute atomic E-state index is 0.0298. The predicted octanol–water partition coefficient (Wildman–Crippen LogP) is 2.00. The van der Waals surface area contributed by atoms with Crippen molar-refractivity contribution in [3.8, 4) is 11.5 Å². The summed E-state index contributed by atoms with van der Waals surface area (Å²) in [6.45, 7) is 1.44. The molecule has 1 aliphatic rings. The van der Waals surface area contributed by atoms with Gasteiger partial charge in [-0.3, -0.25) is 0 Å². The van der Waals surface area contributed by atoms with Gasteiger partial charge in [0.15, 0.2) is 11.5 Å². The van der Waals surface area contributed by atoms with Crippen LogP contribution in [0, 0.1) is 0 Å². The lowest BCUT2D eigenvalue weighted by Gasteiger charge is -2.13. The van der Waals surface area contributed by atoms with Crippen molar-refractivity contribution < 1.29 is 9.47 Å². The van der Waals surface area contributed by atoms with Gasteiger partial charge in [0.05, 0.1) is 18.6 Å². The Morgan fingerprint density at radius 1 is 1.27 bits per heavy atom. The first kappa shape index (κ1) is 10.6. The maximum atomic E-state index is 5.60. The van der Waals surface area contributed by atoms with Gasteiger partial charge in [-0.2, -0.15) is 12.6 Å². The largest absolute Gasteiger partial charge is 0.490 e. The van der Waals surface area contributed by atoms with Crippen LogP contribution >= 0.6 is 12.6 Å². The van der Waals surface area contributed by atoms with Crippen LogP contribution in [0.4, 0.5) is 0 Å². The van der Waals surface area contributed by atoms with Crippen LogP contribution in [0.3, 0.4) is 0 Å². The fourth-order valence-corrected chi connectivity index (χ4v) is 1.68. The Hall–Kier alpha value is -0.870. The summed E-state index contributed by atoms with van der Waals surface area (Å²) in [4.78, 5) is 0. The first-order valence-corrected chi connectivity index (χ1v) is 5.58. The Morgan fingerprint density at radius 2 is 2.00 bits per heavy atom. The van der Waals surface area contributed by atoms with E-state index in [0.717, 1.165) is 30.1 Å². The zero-order chi connectivity index (χ0) is 10.7. The SMILES string of the molecule is CNC(S)c1ccc2c(c1)OCCCO2. The van der Waals surface area contributed by atoms with Crippen LogP contribution < -0.4 is 14.8 Å². The molecule has 4 heteroatoms. The van der Waals surface area contributed by atoms with Gasteiger partial charge >= 0.3 is 0 Å². The highest BCUT2D eigenvalue weighted by atomic mass is 32.1. The number of benzene rings is 1. The third-order valence-corrected chi connectivity index (χ3v) is 2.92. The Morgan fingerprint density at radius 3 is 2.73 bits per heavy atom. The van der Waals surface area contributed by atoms with E-state index in [1.807, 2.05) is 25.2 Å². The van der Waals surface area contributed by atoms with Gasteiger partial charge in [-0.25, -0.2) is 0 Å². The molecular weight excluding hydrogens is 210 g/mol. The molecular formula is C11H15NO2S. The number of ether oxygens (including phenoxy) is 2. The van der Waals surface area contributed by atoms with Gasteiger partial charge in [0.1, 0.15) is 0 Å². The zero-order valence-electron chi connectivity index (χ0n) is 8.69. The lowest BCUT2D eigenvalue weighted by molar-refractivity contribution is 0.297. The molecule has 0 aliphatic carbocycles. The van der Waals surface area contributed by atoms with E-state index >= 15 is 0 Å². The molecule has 15 heavy (non-hydrogen) atoms. The Labute approximate surface area is 95.2 Å². The van der Waals surface area contributed by atoms with Gasteiger partial charge in [-0.05, 0) is 24.7 Å². The second-order valence-electron chi connectivity index (χ2n) is 3.45. The number of rotatable bonds is 2. The van der Waals surface area contributed by atoms with Crippen LogP contribution in [0.5, 0.6) is 11.5 Å². The maximum Gasteiger partial charge on any atom is 0.161 e. The molecule has 1 unspecified atom stereocenters. The Bertz CT molecular complexity index is 343. The number of hydrogen-bond acceptors (Lipinski definition) is 4. The first-order chi connectivity index (χ1) is 7.31. The first-order valence-electron chi connectivity index (χ1n) is 5.06. The third-order valence-electron chi connectivity index (χ3n) is 2.36. The molecule has 1 aliphatic heterocycles. The molecule has 82 valence electrons. The molecule has 1 N–H and O–H groups in total. The van der Waals surface area contributed by atoms with Crippen molar-refractivity contribution in [1.29, 1.82) is 0 Å². The van der Waals surface area contributed by atoms with Gasteiger partial charge in [0.25, 0.3) is 0 Å². The van der Waals surface area contributed by atoms with Gasteiger partial charge in [-0.1, -0.05) is 6.07 Å². The molecule has 0 spiro atoms. The molecule has 1 aromatic carbocycles. The van der Waals surface area contributed by atoms with Crippen molar-refractivity contribution in [2.75, 3.05) is 20.3 Å². The zero-order valence-corrected chi connectivity index (χ0v) is 9.59. The van der Waals surface area contributed by atoms with Crippen molar-refractivity contribution in [2.24, 2.45) is 0 Å². The summed E-state index contributed by atoms with van der Waals surface area (Å²) in [7, 11) is 1.88. The summed E-state index contributed by atoms with van der Waals surface area (Å²) in [5, 5.41) is 3.10. The topological polar surface area (TPSA) is 30.5 Å². The summed E-state index contributed by atoms with van der Waals surface area (Å²) in [5.41, 5.74) is 1.09. The van der Waals surface area contributed by atoms with Crippen LogP contribution in [-0.4, -0.2) is 20.3 Å². The second-order valence-corrected chi connectivity index (χ2v) is 3.96. The third kappa shape index (κ3) is 2.38. The molecule has 0 amide bonds. The standard InChI is InChI=1S/C11H15NO2S/c1-12-11(15)8-3-4-9-10(7-8)14-6-2-5-13-9/h3-4,7,11-12,15H,2,5-6H2,1H3. The summed E-state index contributed by atoms with van der Waals surface area (Å²) >= 11 is 4.41. The van der Waals surface area contributed by atoms with Crippen LogP contribution in [-0.2, 0) is 0 Å². The minimum atomic E-state index is 0.0298. The molecule has 3 nitrogen and oxygen atoms in total. The molecule has 0 fully saturated rings. The van der Waals surface area contributed by atoms with Gasteiger partial charge in [0, 0.05) is 6.42 Å². The summed E-state index contributed by atoms with van der Waals surface area (Å²) in [6, 6.07) is 5.92. The highest BCUT2D eigenvalue weighted by Gasteiger charge is 2.12. The van der Waals surface area contributed by atoms with Crippen molar-refractivity contribution in [1.82, 2.24) is 5.32 Å². The van der Waals surface area contributed by atoms with E-state index in [1.54, 1.807) is 0 Å². The number of thiol groups is 1.